The number of hydrogen-bond donors (Lipinski definition) is 10. The van der Waals surface area contributed by atoms with Gasteiger partial charge in [0.05, 0.1) is 19.3 Å². The first-order chi connectivity index (χ1) is 16.9. The van der Waals surface area contributed by atoms with Crippen LogP contribution in [0.15, 0.2) is 0 Å². The summed E-state index contributed by atoms with van der Waals surface area (Å²) in [6.45, 7) is 1.00. The molecule has 3 saturated heterocycles. The minimum atomic E-state index is -1.85. The Morgan fingerprint density at radius 3 is 1.81 bits per heavy atom. The van der Waals surface area contributed by atoms with E-state index in [4.69, 9.17) is 23.7 Å². The van der Waals surface area contributed by atoms with Crippen molar-refractivity contribution >= 4 is 5.91 Å². The highest BCUT2D eigenvalue weighted by Crippen LogP contribution is 2.32. The average molecular weight is 529 g/mol. The van der Waals surface area contributed by atoms with Crippen LogP contribution >= 0.6 is 0 Å². The van der Waals surface area contributed by atoms with Gasteiger partial charge in [-0.25, -0.2) is 0 Å². The van der Waals surface area contributed by atoms with Crippen LogP contribution < -0.4 is 5.32 Å². The van der Waals surface area contributed by atoms with Crippen LogP contribution in [-0.4, -0.2) is 157 Å². The van der Waals surface area contributed by atoms with Gasteiger partial charge in [0.15, 0.2) is 18.9 Å². The third-order valence-corrected chi connectivity index (χ3v) is 6.45. The molecule has 0 spiro atoms. The smallest absolute Gasteiger partial charge is 0.217 e. The molecule has 3 aliphatic heterocycles. The zero-order chi connectivity index (χ0) is 26.9. The fourth-order valence-corrected chi connectivity index (χ4v) is 4.40. The van der Waals surface area contributed by atoms with Crippen molar-refractivity contribution in [2.24, 2.45) is 0 Å². The predicted octanol–water partition coefficient (Wildman–Crippen LogP) is -6.40. The van der Waals surface area contributed by atoms with Gasteiger partial charge < -0.3 is 75.0 Å². The Labute approximate surface area is 205 Å². The molecular formula is C20H35NO15. The Balaban J connectivity index is 1.92. The summed E-state index contributed by atoms with van der Waals surface area (Å²) >= 11 is 0. The van der Waals surface area contributed by atoms with E-state index in [1.54, 1.807) is 0 Å². The van der Waals surface area contributed by atoms with Gasteiger partial charge in [-0.15, -0.1) is 0 Å². The summed E-state index contributed by atoms with van der Waals surface area (Å²) < 4.78 is 27.7. The quantitative estimate of drug-likeness (QED) is 0.147. The highest BCUT2D eigenvalue weighted by Gasteiger charge is 2.54. The Morgan fingerprint density at radius 1 is 0.722 bits per heavy atom. The number of rotatable bonds is 7. The number of hydrogen-bond acceptors (Lipinski definition) is 15. The third kappa shape index (κ3) is 5.97. The van der Waals surface area contributed by atoms with Crippen LogP contribution in [0.4, 0.5) is 0 Å². The number of nitrogens with one attached hydrogen (secondary N) is 1. The van der Waals surface area contributed by atoms with Crippen molar-refractivity contribution in [3.05, 3.63) is 0 Å². The molecule has 16 nitrogen and oxygen atoms in total. The Kier molecular flexibility index (Phi) is 9.97. The van der Waals surface area contributed by atoms with Crippen LogP contribution in [0, 0.1) is 0 Å². The van der Waals surface area contributed by atoms with Crippen LogP contribution in [0.2, 0.25) is 0 Å². The van der Waals surface area contributed by atoms with E-state index in [1.165, 1.54) is 6.92 Å². The molecule has 15 atom stereocenters. The zero-order valence-corrected chi connectivity index (χ0v) is 19.5. The van der Waals surface area contributed by atoms with Crippen molar-refractivity contribution in [2.45, 2.75) is 106 Å². The summed E-state index contributed by atoms with van der Waals surface area (Å²) in [5.41, 5.74) is 0. The maximum absolute atomic E-state index is 11.8. The van der Waals surface area contributed by atoms with Crippen molar-refractivity contribution in [3.63, 3.8) is 0 Å². The SMILES string of the molecule is CC(=O)N[C@H]1C(O)O[C@H](CO)[C@@H](OC2O[C@H](CO)[C@H](O)[C@H](O)[C@H]2O)[C@@H]1OC1O[C@@H](C)[C@@H](O)[C@@H](O)[C@@H]1O. The van der Waals surface area contributed by atoms with Gasteiger partial charge in [-0.1, -0.05) is 0 Å². The molecule has 3 heterocycles. The fourth-order valence-electron chi connectivity index (χ4n) is 4.40. The van der Waals surface area contributed by atoms with Gasteiger partial charge in [0.25, 0.3) is 0 Å². The summed E-state index contributed by atoms with van der Waals surface area (Å²) in [5, 5.41) is 93.2. The molecule has 16 heteroatoms. The molecule has 0 aromatic heterocycles. The van der Waals surface area contributed by atoms with E-state index in [1.807, 2.05) is 0 Å². The molecule has 36 heavy (non-hydrogen) atoms. The van der Waals surface area contributed by atoms with Crippen molar-refractivity contribution in [3.8, 4) is 0 Å². The Bertz CT molecular complexity index is 729. The lowest BCUT2D eigenvalue weighted by molar-refractivity contribution is -0.370. The molecule has 3 aliphatic rings. The van der Waals surface area contributed by atoms with E-state index in [9.17, 15) is 50.8 Å². The topological polar surface area (TPSA) is 257 Å². The molecule has 0 bridgehead atoms. The van der Waals surface area contributed by atoms with Crippen LogP contribution in [-0.2, 0) is 28.5 Å². The first-order valence-corrected chi connectivity index (χ1v) is 11.4. The molecule has 0 saturated carbocycles. The van der Waals surface area contributed by atoms with E-state index in [2.05, 4.69) is 5.32 Å². The van der Waals surface area contributed by atoms with Crippen molar-refractivity contribution in [1.29, 1.82) is 0 Å². The molecular weight excluding hydrogens is 494 g/mol. The number of carbonyl (C=O) groups is 1. The van der Waals surface area contributed by atoms with Crippen LogP contribution in [0.25, 0.3) is 0 Å². The number of carbonyl (C=O) groups excluding carboxylic acids is 1. The summed E-state index contributed by atoms with van der Waals surface area (Å²) in [4.78, 5) is 11.8. The minimum Gasteiger partial charge on any atom is -0.394 e. The van der Waals surface area contributed by atoms with E-state index < -0.39 is 111 Å². The van der Waals surface area contributed by atoms with Gasteiger partial charge in [-0.2, -0.15) is 0 Å². The normalized spacial score (nSPS) is 50.0. The average Bonchev–Trinajstić information content (AvgIpc) is 2.84. The van der Waals surface area contributed by atoms with E-state index in [0.717, 1.165) is 6.92 Å². The van der Waals surface area contributed by atoms with Gasteiger partial charge in [-0.05, 0) is 6.92 Å². The maximum Gasteiger partial charge on any atom is 0.217 e. The summed E-state index contributed by atoms with van der Waals surface area (Å²) in [7, 11) is 0. The maximum atomic E-state index is 11.8. The monoisotopic (exact) mass is 529 g/mol. The van der Waals surface area contributed by atoms with Crippen molar-refractivity contribution < 1.29 is 74.4 Å². The lowest BCUT2D eigenvalue weighted by Crippen LogP contribution is -2.69. The first kappa shape index (κ1) is 29.5. The highest BCUT2D eigenvalue weighted by molar-refractivity contribution is 5.73. The molecule has 10 N–H and O–H groups in total. The number of ether oxygens (including phenoxy) is 5. The standard InChI is InChI=1S/C20H35NO15/c1-5-10(25)12(27)14(29)19(32-5)36-17-9(21-6(2)24)18(31)33-8(4-23)16(17)35-20-15(30)13(28)11(26)7(3-22)34-20/h5,7-20,22-23,25-31H,3-4H2,1-2H3,(H,21,24)/t5-,7+,8+,9+,10+,11-,12+,13-,14-,15+,16+,17+,18?,19?,20?/m0/s1. The Hall–Kier alpha value is -1.09. The van der Waals surface area contributed by atoms with Gasteiger partial charge in [0.2, 0.25) is 5.91 Å². The lowest BCUT2D eigenvalue weighted by Gasteiger charge is -2.49. The van der Waals surface area contributed by atoms with Crippen LogP contribution in [0.3, 0.4) is 0 Å². The minimum absolute atomic E-state index is 0.640. The van der Waals surface area contributed by atoms with E-state index >= 15 is 0 Å². The van der Waals surface area contributed by atoms with E-state index in [0.29, 0.717) is 0 Å². The Morgan fingerprint density at radius 2 is 1.25 bits per heavy atom. The van der Waals surface area contributed by atoms with Crippen LogP contribution in [0.1, 0.15) is 13.8 Å². The summed E-state index contributed by atoms with van der Waals surface area (Å²) in [5.74, 6) is -0.640. The summed E-state index contributed by atoms with van der Waals surface area (Å²) in [6, 6.07) is -1.41. The van der Waals surface area contributed by atoms with Gasteiger partial charge in [-0.3, -0.25) is 4.79 Å². The fraction of sp³-hybridized carbons (Fsp3) is 0.950. The molecule has 210 valence electrons. The number of amides is 1. The molecule has 3 rings (SSSR count). The van der Waals surface area contributed by atoms with Gasteiger partial charge in [0, 0.05) is 6.92 Å². The van der Waals surface area contributed by atoms with Crippen LogP contribution in [0.5, 0.6) is 0 Å². The predicted molar refractivity (Wildman–Crippen MR) is 111 cm³/mol. The molecule has 0 aromatic carbocycles. The third-order valence-electron chi connectivity index (χ3n) is 6.45. The molecule has 1 amide bonds. The zero-order valence-electron chi connectivity index (χ0n) is 19.5. The lowest BCUT2D eigenvalue weighted by atomic mass is 9.94. The second kappa shape index (κ2) is 12.2. The highest BCUT2D eigenvalue weighted by atomic mass is 16.7. The molecule has 0 aliphatic carbocycles. The molecule has 0 aromatic rings. The molecule has 3 fully saturated rings. The number of aliphatic hydroxyl groups excluding tert-OH is 9. The van der Waals surface area contributed by atoms with Gasteiger partial charge in [0.1, 0.15) is 67.1 Å². The van der Waals surface area contributed by atoms with Crippen molar-refractivity contribution in [2.75, 3.05) is 13.2 Å². The van der Waals surface area contributed by atoms with Crippen molar-refractivity contribution in [1.82, 2.24) is 5.32 Å². The second-order valence-corrected chi connectivity index (χ2v) is 9.05. The second-order valence-electron chi connectivity index (χ2n) is 9.05. The molecule has 0 radical (unpaired) electrons. The first-order valence-electron chi connectivity index (χ1n) is 11.4. The molecule has 3 unspecified atom stereocenters. The van der Waals surface area contributed by atoms with Gasteiger partial charge >= 0.3 is 0 Å². The summed E-state index contributed by atoms with van der Waals surface area (Å²) in [6.07, 6.45) is -22.0. The largest absolute Gasteiger partial charge is 0.394 e. The van der Waals surface area contributed by atoms with E-state index in [-0.39, 0.29) is 0 Å². The number of aliphatic hydroxyl groups is 9.